The Kier molecular flexibility index (Phi) is 1.37. The molecule has 0 aromatic rings. The van der Waals surface area contributed by atoms with Crippen LogP contribution in [0.25, 0.3) is 0 Å². The molecular formula is C4H6N4. The molecule has 0 aromatic carbocycles. The molecule has 4 nitrogen and oxygen atoms in total. The fourth-order valence-corrected chi connectivity index (χ4v) is 0.450. The molecule has 0 saturated heterocycles. The summed E-state index contributed by atoms with van der Waals surface area (Å²) in [6.45, 7) is 0.612. The third-order valence-corrected chi connectivity index (χ3v) is 0.782. The lowest BCUT2D eigenvalue weighted by atomic mass is 10.4. The molecule has 8 heavy (non-hydrogen) atoms. The van der Waals surface area contributed by atoms with Crippen molar-refractivity contribution in [3.8, 4) is 0 Å². The molecule has 42 valence electrons. The highest BCUT2D eigenvalue weighted by Gasteiger charge is 1.95. The van der Waals surface area contributed by atoms with Crippen LogP contribution in [-0.2, 0) is 0 Å². The van der Waals surface area contributed by atoms with Crippen LogP contribution in [0, 0.1) is 0 Å². The lowest BCUT2D eigenvalue weighted by molar-refractivity contribution is 1.27. The van der Waals surface area contributed by atoms with Crippen LogP contribution in [0.2, 0.25) is 0 Å². The fraction of sp³-hybridized carbons (Fsp3) is 0.250. The van der Waals surface area contributed by atoms with E-state index in [2.05, 4.69) is 15.1 Å². The number of nitrogens with zero attached hydrogens (tertiary/aromatic N) is 3. The Morgan fingerprint density at radius 1 is 1.88 bits per heavy atom. The van der Waals surface area contributed by atoms with Gasteiger partial charge in [0, 0.05) is 0 Å². The van der Waals surface area contributed by atoms with Gasteiger partial charge in [-0.3, -0.25) is 4.99 Å². The Morgan fingerprint density at radius 3 is 3.25 bits per heavy atom. The largest absolute Gasteiger partial charge is 0.323 e. The average molecular weight is 110 g/mol. The van der Waals surface area contributed by atoms with Crippen molar-refractivity contribution >= 4 is 18.3 Å². The summed E-state index contributed by atoms with van der Waals surface area (Å²) in [5.41, 5.74) is 0.813. The second kappa shape index (κ2) is 2.20. The minimum absolute atomic E-state index is 0.612. The second-order valence-electron chi connectivity index (χ2n) is 1.35. The van der Waals surface area contributed by atoms with E-state index in [4.69, 9.17) is 5.84 Å². The van der Waals surface area contributed by atoms with E-state index in [0.717, 1.165) is 5.71 Å². The number of hydrazone groups is 1. The zero-order valence-corrected chi connectivity index (χ0v) is 4.28. The van der Waals surface area contributed by atoms with Gasteiger partial charge in [-0.25, -0.2) is 4.99 Å². The molecule has 1 heterocycles. The van der Waals surface area contributed by atoms with E-state index in [1.54, 1.807) is 0 Å². The highest BCUT2D eigenvalue weighted by molar-refractivity contribution is 6.34. The molecule has 0 fully saturated rings. The Morgan fingerprint density at radius 2 is 2.75 bits per heavy atom. The minimum atomic E-state index is 0.612. The monoisotopic (exact) mass is 110 g/mol. The van der Waals surface area contributed by atoms with Crippen molar-refractivity contribution in [2.75, 3.05) is 6.54 Å². The van der Waals surface area contributed by atoms with E-state index in [-0.39, 0.29) is 0 Å². The Balaban J connectivity index is 2.51. The third-order valence-electron chi connectivity index (χ3n) is 0.782. The first-order valence-corrected chi connectivity index (χ1v) is 2.21. The van der Waals surface area contributed by atoms with Gasteiger partial charge < -0.3 is 5.84 Å². The van der Waals surface area contributed by atoms with Gasteiger partial charge in [0.15, 0.2) is 0 Å². The third kappa shape index (κ3) is 0.900. The summed E-state index contributed by atoms with van der Waals surface area (Å²) in [5.74, 6) is 4.84. The molecule has 0 aliphatic carbocycles. The van der Waals surface area contributed by atoms with Gasteiger partial charge >= 0.3 is 0 Å². The maximum absolute atomic E-state index is 4.84. The molecule has 0 saturated carbocycles. The lowest BCUT2D eigenvalue weighted by Gasteiger charge is -1.80. The molecular weight excluding hydrogens is 104 g/mol. The van der Waals surface area contributed by atoms with Gasteiger partial charge in [-0.15, -0.1) is 0 Å². The van der Waals surface area contributed by atoms with Gasteiger partial charge in [0.1, 0.15) is 6.34 Å². The van der Waals surface area contributed by atoms with Gasteiger partial charge in [-0.05, 0) is 0 Å². The fourth-order valence-electron chi connectivity index (χ4n) is 0.450. The zero-order chi connectivity index (χ0) is 5.82. The molecule has 0 amide bonds. The molecule has 2 N–H and O–H groups in total. The van der Waals surface area contributed by atoms with Crippen molar-refractivity contribution in [3.05, 3.63) is 0 Å². The number of hydrogen-bond acceptors (Lipinski definition) is 4. The van der Waals surface area contributed by atoms with Gasteiger partial charge in [-0.2, -0.15) is 5.10 Å². The Hall–Kier alpha value is -1.19. The number of rotatable bonds is 1. The van der Waals surface area contributed by atoms with Crippen molar-refractivity contribution in [2.24, 2.45) is 20.9 Å². The van der Waals surface area contributed by atoms with Crippen LogP contribution in [0.15, 0.2) is 15.1 Å². The maximum atomic E-state index is 4.84. The summed E-state index contributed by atoms with van der Waals surface area (Å²) >= 11 is 0. The predicted octanol–water partition coefficient (Wildman–Crippen LogP) is -0.586. The molecule has 0 aromatic heterocycles. The van der Waals surface area contributed by atoms with Crippen LogP contribution in [-0.4, -0.2) is 24.8 Å². The quantitative estimate of drug-likeness (QED) is 0.274. The Bertz CT molecular complexity index is 155. The average Bonchev–Trinajstić information content (AvgIpc) is 2.19. The predicted molar refractivity (Wildman–Crippen MR) is 33.5 cm³/mol. The summed E-state index contributed by atoms with van der Waals surface area (Å²) < 4.78 is 0. The van der Waals surface area contributed by atoms with Crippen LogP contribution in [0.3, 0.4) is 0 Å². The molecule has 0 spiro atoms. The molecule has 0 radical (unpaired) electrons. The van der Waals surface area contributed by atoms with Crippen molar-refractivity contribution in [3.63, 3.8) is 0 Å². The van der Waals surface area contributed by atoms with Gasteiger partial charge in [0.25, 0.3) is 0 Å². The molecule has 4 heteroatoms. The lowest BCUT2D eigenvalue weighted by Crippen LogP contribution is -2.01. The number of nitrogens with two attached hydrogens (primary N) is 1. The first kappa shape index (κ1) is 4.96. The highest BCUT2D eigenvalue weighted by Crippen LogP contribution is 1.83. The summed E-state index contributed by atoms with van der Waals surface area (Å²) in [6, 6.07) is 0. The maximum Gasteiger partial charge on any atom is 0.110 e. The van der Waals surface area contributed by atoms with E-state index in [1.165, 1.54) is 12.6 Å². The molecule has 0 bridgehead atoms. The zero-order valence-electron chi connectivity index (χ0n) is 4.28. The molecule has 0 unspecified atom stereocenters. The van der Waals surface area contributed by atoms with Crippen LogP contribution in [0.4, 0.5) is 0 Å². The van der Waals surface area contributed by atoms with Crippen LogP contribution in [0.1, 0.15) is 0 Å². The summed E-state index contributed by atoms with van der Waals surface area (Å²) in [7, 11) is 0. The van der Waals surface area contributed by atoms with Crippen LogP contribution >= 0.6 is 0 Å². The summed E-state index contributed by atoms with van der Waals surface area (Å²) in [6.07, 6.45) is 2.99. The van der Waals surface area contributed by atoms with Gasteiger partial charge in [-0.1, -0.05) is 0 Å². The van der Waals surface area contributed by atoms with Crippen LogP contribution < -0.4 is 5.84 Å². The summed E-state index contributed by atoms with van der Waals surface area (Å²) in [4.78, 5) is 7.63. The van der Waals surface area contributed by atoms with E-state index in [1.807, 2.05) is 0 Å². The number of hydrogen-bond donors (Lipinski definition) is 1. The van der Waals surface area contributed by atoms with Crippen LogP contribution in [0.5, 0.6) is 0 Å². The van der Waals surface area contributed by atoms with Gasteiger partial charge in [0.2, 0.25) is 0 Å². The molecule has 0 atom stereocenters. The van der Waals surface area contributed by atoms with Crippen molar-refractivity contribution in [1.82, 2.24) is 0 Å². The molecule has 1 aliphatic rings. The first-order chi connectivity index (χ1) is 3.93. The van der Waals surface area contributed by atoms with Crippen molar-refractivity contribution < 1.29 is 0 Å². The number of aliphatic imine (C=N–C) groups is 2. The SMILES string of the molecule is NN=CC1=NC=NC1. The standard InChI is InChI=1S/C4H6N4/c5-8-2-4-1-6-3-7-4/h2-3H,1,5H2. The highest BCUT2D eigenvalue weighted by atomic mass is 15.1. The first-order valence-electron chi connectivity index (χ1n) is 2.21. The minimum Gasteiger partial charge on any atom is -0.323 e. The normalized spacial score (nSPS) is 17.8. The summed E-state index contributed by atoms with van der Waals surface area (Å²) in [5, 5.41) is 3.28. The smallest absolute Gasteiger partial charge is 0.110 e. The topological polar surface area (TPSA) is 63.1 Å². The van der Waals surface area contributed by atoms with E-state index in [9.17, 15) is 0 Å². The van der Waals surface area contributed by atoms with Crippen molar-refractivity contribution in [1.29, 1.82) is 0 Å². The second-order valence-corrected chi connectivity index (χ2v) is 1.35. The van der Waals surface area contributed by atoms with E-state index < -0.39 is 0 Å². The van der Waals surface area contributed by atoms with E-state index >= 15 is 0 Å². The van der Waals surface area contributed by atoms with Crippen molar-refractivity contribution in [2.45, 2.75) is 0 Å². The molecule has 1 rings (SSSR count). The van der Waals surface area contributed by atoms with Gasteiger partial charge in [0.05, 0.1) is 18.5 Å². The molecule has 1 aliphatic heterocycles. The Labute approximate surface area is 46.8 Å². The van der Waals surface area contributed by atoms with E-state index in [0.29, 0.717) is 6.54 Å².